The van der Waals surface area contributed by atoms with Crippen LogP contribution in [0.15, 0.2) is 53.4 Å². The first kappa shape index (κ1) is 20.7. The fourth-order valence-corrected chi connectivity index (χ4v) is 3.76. The molecule has 5 heteroatoms. The summed E-state index contributed by atoms with van der Waals surface area (Å²) in [6.45, 7) is 11.0. The Balaban J connectivity index is 1.47. The van der Waals surface area contributed by atoms with Gasteiger partial charge in [-0.1, -0.05) is 45.0 Å². The van der Waals surface area contributed by atoms with E-state index < -0.39 is 0 Å². The lowest BCUT2D eigenvalue weighted by molar-refractivity contribution is 0.143. The van der Waals surface area contributed by atoms with E-state index in [1.165, 1.54) is 16.0 Å². The Morgan fingerprint density at radius 1 is 0.964 bits per heavy atom. The van der Waals surface area contributed by atoms with Gasteiger partial charge in [0.15, 0.2) is 0 Å². The van der Waals surface area contributed by atoms with Crippen LogP contribution in [0.4, 0.5) is 10.5 Å². The van der Waals surface area contributed by atoms with Gasteiger partial charge in [0.2, 0.25) is 0 Å². The molecule has 1 saturated heterocycles. The first-order chi connectivity index (χ1) is 13.3. The molecule has 150 valence electrons. The smallest absolute Gasteiger partial charge is 0.321 e. The number of benzene rings is 2. The molecule has 1 aliphatic rings. The van der Waals surface area contributed by atoms with Gasteiger partial charge in [0.1, 0.15) is 0 Å². The van der Waals surface area contributed by atoms with Gasteiger partial charge < -0.3 is 10.2 Å². The highest BCUT2D eigenvalue weighted by atomic mass is 32.2. The van der Waals surface area contributed by atoms with Crippen LogP contribution < -0.4 is 5.32 Å². The molecule has 0 saturated carbocycles. The molecular formula is C23H31N3OS. The SMILES string of the molecule is CSc1ccc(NC(=O)N2CCN(Cc3ccc(C(C)(C)C)cc3)CC2)cc1. The summed E-state index contributed by atoms with van der Waals surface area (Å²) in [4.78, 5) is 18.0. The number of hydrogen-bond donors (Lipinski definition) is 1. The summed E-state index contributed by atoms with van der Waals surface area (Å²) in [6, 6.07) is 16.9. The van der Waals surface area contributed by atoms with Gasteiger partial charge in [-0.25, -0.2) is 4.79 Å². The van der Waals surface area contributed by atoms with E-state index in [1.54, 1.807) is 11.8 Å². The Hall–Kier alpha value is -1.98. The summed E-state index contributed by atoms with van der Waals surface area (Å²) in [5, 5.41) is 3.01. The number of urea groups is 1. The van der Waals surface area contributed by atoms with Crippen LogP contribution in [0.1, 0.15) is 31.9 Å². The fraction of sp³-hybridized carbons (Fsp3) is 0.435. The van der Waals surface area contributed by atoms with Crippen molar-refractivity contribution >= 4 is 23.5 Å². The number of hydrogen-bond acceptors (Lipinski definition) is 3. The van der Waals surface area contributed by atoms with Crippen LogP contribution in [0, 0.1) is 0 Å². The number of amides is 2. The van der Waals surface area contributed by atoms with Crippen molar-refractivity contribution in [2.75, 3.05) is 37.8 Å². The summed E-state index contributed by atoms with van der Waals surface area (Å²) in [5.41, 5.74) is 3.74. The second-order valence-corrected chi connectivity index (χ2v) is 9.25. The third kappa shape index (κ3) is 5.52. The summed E-state index contributed by atoms with van der Waals surface area (Å²) < 4.78 is 0. The van der Waals surface area contributed by atoms with Crippen LogP contribution in [0.3, 0.4) is 0 Å². The van der Waals surface area contributed by atoms with Crippen LogP contribution in [-0.2, 0) is 12.0 Å². The first-order valence-electron chi connectivity index (χ1n) is 9.87. The second-order valence-electron chi connectivity index (χ2n) is 8.37. The lowest BCUT2D eigenvalue weighted by atomic mass is 9.87. The van der Waals surface area contributed by atoms with E-state index in [0.717, 1.165) is 38.4 Å². The molecule has 1 aliphatic heterocycles. The average Bonchev–Trinajstić information content (AvgIpc) is 2.69. The topological polar surface area (TPSA) is 35.6 Å². The zero-order valence-electron chi connectivity index (χ0n) is 17.4. The van der Waals surface area contributed by atoms with Crippen molar-refractivity contribution < 1.29 is 4.79 Å². The molecule has 0 unspecified atom stereocenters. The minimum atomic E-state index is -0.00826. The van der Waals surface area contributed by atoms with E-state index in [2.05, 4.69) is 55.3 Å². The first-order valence-corrected chi connectivity index (χ1v) is 11.1. The summed E-state index contributed by atoms with van der Waals surface area (Å²) >= 11 is 1.70. The van der Waals surface area contributed by atoms with Crippen molar-refractivity contribution in [3.63, 3.8) is 0 Å². The monoisotopic (exact) mass is 397 g/mol. The van der Waals surface area contributed by atoms with Crippen molar-refractivity contribution in [3.05, 3.63) is 59.7 Å². The normalized spacial score (nSPS) is 15.5. The molecule has 2 amide bonds. The summed E-state index contributed by atoms with van der Waals surface area (Å²) in [6.07, 6.45) is 2.05. The number of nitrogens with one attached hydrogen (secondary N) is 1. The Bertz CT molecular complexity index is 773. The average molecular weight is 398 g/mol. The quantitative estimate of drug-likeness (QED) is 0.733. The van der Waals surface area contributed by atoms with Crippen LogP contribution in [-0.4, -0.2) is 48.3 Å². The minimum absolute atomic E-state index is 0.00826. The predicted octanol–water partition coefficient (Wildman–Crippen LogP) is 5.06. The van der Waals surface area contributed by atoms with Crippen molar-refractivity contribution in [1.29, 1.82) is 0 Å². The largest absolute Gasteiger partial charge is 0.322 e. The molecule has 1 fully saturated rings. The van der Waals surface area contributed by atoms with E-state index in [4.69, 9.17) is 0 Å². The maximum absolute atomic E-state index is 12.5. The molecule has 0 radical (unpaired) electrons. The number of anilines is 1. The number of carbonyl (C=O) groups excluding carboxylic acids is 1. The minimum Gasteiger partial charge on any atom is -0.322 e. The maximum Gasteiger partial charge on any atom is 0.321 e. The summed E-state index contributed by atoms with van der Waals surface area (Å²) in [7, 11) is 0. The number of rotatable bonds is 4. The molecule has 4 nitrogen and oxygen atoms in total. The molecule has 1 N–H and O–H groups in total. The number of piperazine rings is 1. The molecule has 1 heterocycles. The Kier molecular flexibility index (Phi) is 6.68. The van der Waals surface area contributed by atoms with Crippen molar-refractivity contribution in [2.45, 2.75) is 37.6 Å². The molecule has 0 aromatic heterocycles. The van der Waals surface area contributed by atoms with E-state index in [1.807, 2.05) is 35.4 Å². The van der Waals surface area contributed by atoms with Gasteiger partial charge in [0.25, 0.3) is 0 Å². The molecule has 3 rings (SSSR count). The van der Waals surface area contributed by atoms with Crippen molar-refractivity contribution in [3.8, 4) is 0 Å². The molecule has 0 aliphatic carbocycles. The van der Waals surface area contributed by atoms with E-state index >= 15 is 0 Å². The van der Waals surface area contributed by atoms with Crippen LogP contribution in [0.5, 0.6) is 0 Å². The molecule has 28 heavy (non-hydrogen) atoms. The number of nitrogens with zero attached hydrogens (tertiary/aromatic N) is 2. The molecule has 0 bridgehead atoms. The lowest BCUT2D eigenvalue weighted by Gasteiger charge is -2.34. The van der Waals surface area contributed by atoms with Gasteiger partial charge in [-0.05, 0) is 47.1 Å². The molecule has 2 aromatic rings. The van der Waals surface area contributed by atoms with Crippen molar-refractivity contribution in [1.82, 2.24) is 9.80 Å². The Morgan fingerprint density at radius 3 is 2.11 bits per heavy atom. The zero-order chi connectivity index (χ0) is 20.1. The van der Waals surface area contributed by atoms with E-state index in [9.17, 15) is 4.79 Å². The lowest BCUT2D eigenvalue weighted by Crippen LogP contribution is -2.49. The van der Waals surface area contributed by atoms with E-state index in [-0.39, 0.29) is 11.4 Å². The van der Waals surface area contributed by atoms with Gasteiger partial charge in [-0.3, -0.25) is 4.90 Å². The molecular weight excluding hydrogens is 366 g/mol. The van der Waals surface area contributed by atoms with Gasteiger partial charge in [0, 0.05) is 43.3 Å². The summed E-state index contributed by atoms with van der Waals surface area (Å²) in [5.74, 6) is 0. The Labute approximate surface area is 173 Å². The predicted molar refractivity (Wildman–Crippen MR) is 119 cm³/mol. The van der Waals surface area contributed by atoms with Crippen LogP contribution in [0.25, 0.3) is 0 Å². The number of carbonyl (C=O) groups is 1. The van der Waals surface area contributed by atoms with Gasteiger partial charge in [-0.15, -0.1) is 11.8 Å². The van der Waals surface area contributed by atoms with Crippen LogP contribution >= 0.6 is 11.8 Å². The fourth-order valence-electron chi connectivity index (χ4n) is 3.35. The second kappa shape index (κ2) is 9.01. The number of thioether (sulfide) groups is 1. The third-order valence-corrected chi connectivity index (χ3v) is 5.97. The third-order valence-electron chi connectivity index (χ3n) is 5.23. The molecule has 0 atom stereocenters. The van der Waals surface area contributed by atoms with Crippen LogP contribution in [0.2, 0.25) is 0 Å². The van der Waals surface area contributed by atoms with E-state index in [0.29, 0.717) is 0 Å². The standard InChI is InChI=1S/C23H31N3OS/c1-23(2,3)19-7-5-18(6-8-19)17-25-13-15-26(16-14-25)22(27)24-20-9-11-21(28-4)12-10-20/h5-12H,13-17H2,1-4H3,(H,24,27). The highest BCUT2D eigenvalue weighted by Crippen LogP contribution is 2.23. The highest BCUT2D eigenvalue weighted by molar-refractivity contribution is 7.98. The molecule has 2 aromatic carbocycles. The van der Waals surface area contributed by atoms with Gasteiger partial charge >= 0.3 is 6.03 Å². The Morgan fingerprint density at radius 2 is 1.57 bits per heavy atom. The van der Waals surface area contributed by atoms with Gasteiger partial charge in [0.05, 0.1) is 0 Å². The molecule has 0 spiro atoms. The van der Waals surface area contributed by atoms with Gasteiger partial charge in [-0.2, -0.15) is 0 Å². The maximum atomic E-state index is 12.5. The highest BCUT2D eigenvalue weighted by Gasteiger charge is 2.21. The van der Waals surface area contributed by atoms with Crippen molar-refractivity contribution in [2.24, 2.45) is 0 Å². The zero-order valence-corrected chi connectivity index (χ0v) is 18.2.